The normalized spacial score (nSPS) is 24.0. The van der Waals surface area contributed by atoms with Crippen molar-refractivity contribution >= 4 is 45.2 Å². The maximum absolute atomic E-state index is 2.80. The highest BCUT2D eigenvalue weighted by molar-refractivity contribution is 14.1. The second-order valence-electron chi connectivity index (χ2n) is 11.7. The highest BCUT2D eigenvalue weighted by Gasteiger charge is 2.41. The van der Waals surface area contributed by atoms with E-state index in [-0.39, 0.29) is 3.42 Å². The van der Waals surface area contributed by atoms with E-state index in [1.165, 1.54) is 125 Å². The van der Waals surface area contributed by atoms with Gasteiger partial charge in [-0.3, -0.25) is 0 Å². The summed E-state index contributed by atoms with van der Waals surface area (Å²) in [5, 5.41) is 0. The maximum Gasteiger partial charge on any atom is 0.104 e. The van der Waals surface area contributed by atoms with Gasteiger partial charge in [-0.05, 0) is 38.5 Å². The van der Waals surface area contributed by atoms with Crippen LogP contribution in [0.15, 0.2) is 23.8 Å². The zero-order valence-corrected chi connectivity index (χ0v) is 28.0. The predicted molar refractivity (Wildman–Crippen MR) is 171 cm³/mol. The van der Waals surface area contributed by atoms with Gasteiger partial charge in [0.05, 0.1) is 50.7 Å². The molecule has 0 amide bonds. The monoisotopic (exact) mass is 700 g/mol. The van der Waals surface area contributed by atoms with E-state index in [4.69, 9.17) is 0 Å². The number of alkyl halides is 2. The summed E-state index contributed by atoms with van der Waals surface area (Å²) in [5.41, 5.74) is 1.58. The summed E-state index contributed by atoms with van der Waals surface area (Å²) < 4.78 is 3.24. The molecule has 0 saturated carbocycles. The van der Waals surface area contributed by atoms with Crippen molar-refractivity contribution in [3.05, 3.63) is 23.8 Å². The van der Waals surface area contributed by atoms with Gasteiger partial charge in [0.25, 0.3) is 0 Å². The van der Waals surface area contributed by atoms with Crippen LogP contribution in [0.1, 0.15) is 105 Å². The molecule has 0 aromatic carbocycles. The van der Waals surface area contributed by atoms with Crippen LogP contribution in [0.4, 0.5) is 0 Å². The molecule has 0 N–H and O–H groups in total. The minimum Gasteiger partial charge on any atom is -0.325 e. The van der Waals surface area contributed by atoms with Crippen LogP contribution in [0, 0.1) is 0 Å². The first-order chi connectivity index (χ1) is 16.2. The quantitative estimate of drug-likeness (QED) is 0.0515. The Labute approximate surface area is 241 Å². The van der Waals surface area contributed by atoms with Gasteiger partial charge in [0.2, 0.25) is 0 Å². The molecule has 4 unspecified atom stereocenters. The second-order valence-corrected chi connectivity index (χ2v) is 15.0. The molecule has 1 rings (SSSR count). The molecule has 0 saturated heterocycles. The maximum atomic E-state index is 2.80. The molecule has 0 fully saturated rings. The van der Waals surface area contributed by atoms with Gasteiger partial charge in [-0.15, -0.1) is 0 Å². The molecule has 1 aliphatic rings. The molecule has 1 aliphatic carbocycles. The van der Waals surface area contributed by atoms with Gasteiger partial charge in [-0.25, -0.2) is 0 Å². The van der Waals surface area contributed by atoms with Crippen molar-refractivity contribution in [1.29, 1.82) is 0 Å². The molecule has 0 aromatic rings. The fourth-order valence-electron chi connectivity index (χ4n) is 5.45. The number of unbranched alkanes of at least 4 members (excludes halogenated alkanes) is 8. The molecule has 0 aliphatic heterocycles. The van der Waals surface area contributed by atoms with Crippen LogP contribution in [0.25, 0.3) is 0 Å². The van der Waals surface area contributed by atoms with Crippen LogP contribution < -0.4 is 0 Å². The molecule has 200 valence electrons. The topological polar surface area (TPSA) is 0 Å². The van der Waals surface area contributed by atoms with E-state index in [1.807, 2.05) is 0 Å². The van der Waals surface area contributed by atoms with Gasteiger partial charge < -0.3 is 8.97 Å². The van der Waals surface area contributed by atoms with Crippen molar-refractivity contribution in [1.82, 2.24) is 0 Å². The van der Waals surface area contributed by atoms with Crippen LogP contribution in [0.5, 0.6) is 0 Å². The number of rotatable bonds is 20. The van der Waals surface area contributed by atoms with Gasteiger partial charge in [-0.1, -0.05) is 130 Å². The molecular formula is C30H58I2N2+2. The third-order valence-corrected chi connectivity index (χ3v) is 11.8. The Morgan fingerprint density at radius 3 is 1.68 bits per heavy atom. The summed E-state index contributed by atoms with van der Waals surface area (Å²) >= 11 is 5.55. The Kier molecular flexibility index (Phi) is 16.8. The van der Waals surface area contributed by atoms with E-state index in [2.05, 4.69) is 105 Å². The summed E-state index contributed by atoms with van der Waals surface area (Å²) in [6, 6.07) is 0. The zero-order valence-electron chi connectivity index (χ0n) is 23.7. The third-order valence-electron chi connectivity index (χ3n) is 7.79. The average Bonchev–Trinajstić information content (AvgIpc) is 2.80. The summed E-state index contributed by atoms with van der Waals surface area (Å²) in [6.45, 7) is 17.1. The van der Waals surface area contributed by atoms with Crippen molar-refractivity contribution in [2.75, 3.05) is 53.4 Å². The van der Waals surface area contributed by atoms with Gasteiger partial charge in [0.1, 0.15) is 9.97 Å². The van der Waals surface area contributed by atoms with E-state index in [0.717, 1.165) is 0 Å². The molecule has 4 atom stereocenters. The minimum absolute atomic E-state index is 0.225. The van der Waals surface area contributed by atoms with Crippen LogP contribution >= 0.6 is 45.2 Å². The van der Waals surface area contributed by atoms with E-state index < -0.39 is 0 Å². The molecule has 0 radical (unpaired) electrons. The first-order valence-electron chi connectivity index (χ1n) is 14.6. The standard InChI is InChI=1S/C30H58I2N2/c1-7-11-15-17-23-33(5,21-13-9-3)26-28-19-20-30(32,29(31)25-28)27-34(6,22-14-10-4)24-18-16-12-8-2/h19-20,25,29H,7-18,21-24,26-27H2,1-6H3/q+2. The zero-order chi connectivity index (χ0) is 25.5. The Bertz CT molecular complexity index is 605. The Morgan fingerprint density at radius 1 is 0.706 bits per heavy atom. The SMILES string of the molecule is CCCCCC[N+](C)(CCCC)CC1=CC(I)C(I)(C[N+](C)(CCCC)CCCCCC)C=C1. The lowest BCUT2D eigenvalue weighted by Gasteiger charge is -2.43. The molecule has 0 aromatic heterocycles. The van der Waals surface area contributed by atoms with Crippen LogP contribution in [-0.2, 0) is 0 Å². The number of nitrogens with zero attached hydrogens (tertiary/aromatic N) is 2. The minimum atomic E-state index is 0.225. The first kappa shape index (κ1) is 32.9. The summed E-state index contributed by atoms with van der Waals surface area (Å²) in [5.74, 6) is 0. The van der Waals surface area contributed by atoms with E-state index in [0.29, 0.717) is 3.92 Å². The number of hydrogen-bond acceptors (Lipinski definition) is 0. The molecule has 34 heavy (non-hydrogen) atoms. The van der Waals surface area contributed by atoms with Gasteiger partial charge in [-0.2, -0.15) is 0 Å². The molecule has 4 heteroatoms. The van der Waals surface area contributed by atoms with Gasteiger partial charge >= 0.3 is 0 Å². The lowest BCUT2D eigenvalue weighted by atomic mass is 9.94. The second kappa shape index (κ2) is 17.4. The first-order valence-corrected chi connectivity index (χ1v) is 16.9. The van der Waals surface area contributed by atoms with Crippen molar-refractivity contribution < 1.29 is 8.97 Å². The number of halogens is 2. The third kappa shape index (κ3) is 12.4. The van der Waals surface area contributed by atoms with Gasteiger partial charge in [0, 0.05) is 5.57 Å². The Balaban J connectivity index is 2.86. The molecular weight excluding hydrogens is 642 g/mol. The average molecular weight is 701 g/mol. The summed E-state index contributed by atoms with van der Waals surface area (Å²) in [4.78, 5) is 0. The lowest BCUT2D eigenvalue weighted by Crippen LogP contribution is -2.55. The number of likely N-dealkylation sites (N-methyl/N-ethyl adjacent to an activating group) is 1. The van der Waals surface area contributed by atoms with Crippen LogP contribution in [0.3, 0.4) is 0 Å². The predicted octanol–water partition coefficient (Wildman–Crippen LogP) is 9.11. The highest BCUT2D eigenvalue weighted by atomic mass is 127. The summed E-state index contributed by atoms with van der Waals surface area (Å²) in [6.07, 6.45) is 24.0. The fraction of sp³-hybridized carbons (Fsp3) is 0.867. The summed E-state index contributed by atoms with van der Waals surface area (Å²) in [7, 11) is 5.05. The Morgan fingerprint density at radius 2 is 1.18 bits per heavy atom. The molecule has 0 heterocycles. The lowest BCUT2D eigenvalue weighted by molar-refractivity contribution is -0.910. The van der Waals surface area contributed by atoms with Crippen LogP contribution in [0.2, 0.25) is 0 Å². The van der Waals surface area contributed by atoms with Crippen molar-refractivity contribution in [3.8, 4) is 0 Å². The van der Waals surface area contributed by atoms with E-state index >= 15 is 0 Å². The van der Waals surface area contributed by atoms with Gasteiger partial charge in [0.15, 0.2) is 0 Å². The molecule has 0 spiro atoms. The number of allylic oxidation sites excluding steroid dienone is 1. The molecule has 0 bridgehead atoms. The highest BCUT2D eigenvalue weighted by Crippen LogP contribution is 2.39. The van der Waals surface area contributed by atoms with Crippen molar-refractivity contribution in [2.24, 2.45) is 0 Å². The largest absolute Gasteiger partial charge is 0.325 e. The number of hydrogen-bond donors (Lipinski definition) is 0. The number of quaternary nitrogens is 2. The van der Waals surface area contributed by atoms with E-state index in [9.17, 15) is 0 Å². The smallest absolute Gasteiger partial charge is 0.104 e. The van der Waals surface area contributed by atoms with E-state index in [1.54, 1.807) is 5.57 Å². The van der Waals surface area contributed by atoms with Crippen molar-refractivity contribution in [2.45, 2.75) is 112 Å². The Hall–Kier alpha value is 0.860. The fourth-order valence-corrected chi connectivity index (χ4v) is 7.50. The van der Waals surface area contributed by atoms with Crippen molar-refractivity contribution in [3.63, 3.8) is 0 Å². The molecule has 2 nitrogen and oxygen atoms in total. The van der Waals surface area contributed by atoms with Crippen LogP contribution in [-0.4, -0.2) is 69.7 Å².